The predicted molar refractivity (Wildman–Crippen MR) is 89.1 cm³/mol. The molecule has 128 valence electrons. The highest BCUT2D eigenvalue weighted by molar-refractivity contribution is 6.30. The zero-order valence-electron chi connectivity index (χ0n) is 13.4. The zero-order chi connectivity index (χ0) is 17.7. The number of carbonyl (C=O) groups is 2. The standard InChI is InChI=1S/C17H18ClFN2O3/c1-3-20-16(22)7-11-9-21(10-13(11)17(23)24-4-2)12-5-6-14(18)15(19)8-12/h5-6,8-10H,3-4,7H2,1-2H3,(H,20,22). The van der Waals surface area contributed by atoms with Crippen LogP contribution in [0.15, 0.2) is 30.6 Å². The highest BCUT2D eigenvalue weighted by Crippen LogP contribution is 2.22. The quantitative estimate of drug-likeness (QED) is 0.812. The molecule has 0 aliphatic carbocycles. The Balaban J connectivity index is 2.40. The number of carbonyl (C=O) groups excluding carboxylic acids is 2. The number of nitrogens with zero attached hydrogens (tertiary/aromatic N) is 1. The van der Waals surface area contributed by atoms with Gasteiger partial charge in [0.25, 0.3) is 0 Å². The second kappa shape index (κ2) is 7.97. The Kier molecular flexibility index (Phi) is 5.98. The average molecular weight is 353 g/mol. The summed E-state index contributed by atoms with van der Waals surface area (Å²) in [5, 5.41) is 2.69. The van der Waals surface area contributed by atoms with E-state index in [-0.39, 0.29) is 29.5 Å². The second-order valence-electron chi connectivity index (χ2n) is 5.05. The molecule has 1 heterocycles. The lowest BCUT2D eigenvalue weighted by molar-refractivity contribution is -0.120. The molecule has 2 aromatic rings. The van der Waals surface area contributed by atoms with Crippen molar-refractivity contribution in [3.63, 3.8) is 0 Å². The van der Waals surface area contributed by atoms with Crippen molar-refractivity contribution in [3.8, 4) is 5.69 Å². The fraction of sp³-hybridized carbons (Fsp3) is 0.294. The van der Waals surface area contributed by atoms with Crippen molar-refractivity contribution >= 4 is 23.5 Å². The maximum absolute atomic E-state index is 13.7. The molecule has 0 radical (unpaired) electrons. The van der Waals surface area contributed by atoms with Crippen LogP contribution in [0.5, 0.6) is 0 Å². The smallest absolute Gasteiger partial charge is 0.339 e. The van der Waals surface area contributed by atoms with Crippen LogP contribution in [0.2, 0.25) is 5.02 Å². The van der Waals surface area contributed by atoms with Crippen molar-refractivity contribution in [1.82, 2.24) is 9.88 Å². The highest BCUT2D eigenvalue weighted by atomic mass is 35.5. The van der Waals surface area contributed by atoms with Gasteiger partial charge in [-0.15, -0.1) is 0 Å². The molecule has 0 bridgehead atoms. The van der Waals surface area contributed by atoms with Gasteiger partial charge in [0.05, 0.1) is 23.6 Å². The van der Waals surface area contributed by atoms with Crippen molar-refractivity contribution in [2.24, 2.45) is 0 Å². The van der Waals surface area contributed by atoms with E-state index in [9.17, 15) is 14.0 Å². The molecule has 1 aromatic carbocycles. The Bertz CT molecular complexity index is 758. The third-order valence-corrected chi connectivity index (χ3v) is 3.64. The molecule has 5 nitrogen and oxygen atoms in total. The maximum Gasteiger partial charge on any atom is 0.339 e. The van der Waals surface area contributed by atoms with E-state index in [1.54, 1.807) is 23.8 Å². The predicted octanol–water partition coefficient (Wildman–Crippen LogP) is 3.13. The average Bonchev–Trinajstić information content (AvgIpc) is 2.94. The first kappa shape index (κ1) is 18.0. The number of hydrogen-bond acceptors (Lipinski definition) is 3. The van der Waals surface area contributed by atoms with E-state index in [4.69, 9.17) is 16.3 Å². The van der Waals surface area contributed by atoms with Crippen LogP contribution >= 0.6 is 11.6 Å². The largest absolute Gasteiger partial charge is 0.462 e. The molecule has 0 fully saturated rings. The van der Waals surface area contributed by atoms with Crippen LogP contribution in [0.4, 0.5) is 4.39 Å². The molecule has 1 amide bonds. The third kappa shape index (κ3) is 4.14. The summed E-state index contributed by atoms with van der Waals surface area (Å²) in [5.74, 6) is -1.29. The maximum atomic E-state index is 13.7. The Morgan fingerprint density at radius 1 is 1.29 bits per heavy atom. The van der Waals surface area contributed by atoms with Crippen LogP contribution in [-0.4, -0.2) is 29.6 Å². The minimum atomic E-state index is -0.564. The first-order valence-electron chi connectivity index (χ1n) is 7.56. The van der Waals surface area contributed by atoms with Gasteiger partial charge in [0.2, 0.25) is 5.91 Å². The van der Waals surface area contributed by atoms with Crippen molar-refractivity contribution in [1.29, 1.82) is 0 Å². The van der Waals surface area contributed by atoms with Gasteiger partial charge in [0, 0.05) is 24.6 Å². The first-order valence-corrected chi connectivity index (χ1v) is 7.94. The number of nitrogens with one attached hydrogen (secondary N) is 1. The Hall–Kier alpha value is -2.34. The van der Waals surface area contributed by atoms with Crippen LogP contribution in [0, 0.1) is 5.82 Å². The number of rotatable bonds is 6. The lowest BCUT2D eigenvalue weighted by Gasteiger charge is -2.04. The van der Waals surface area contributed by atoms with Crippen LogP contribution in [0.25, 0.3) is 5.69 Å². The van der Waals surface area contributed by atoms with Gasteiger partial charge in [-0.1, -0.05) is 11.6 Å². The summed E-state index contributed by atoms with van der Waals surface area (Å²) in [6, 6.07) is 4.31. The molecule has 0 saturated carbocycles. The van der Waals surface area contributed by atoms with Gasteiger partial charge in [0.15, 0.2) is 0 Å². The number of hydrogen-bond donors (Lipinski definition) is 1. The van der Waals surface area contributed by atoms with Crippen LogP contribution < -0.4 is 5.32 Å². The number of halogens is 2. The van der Waals surface area contributed by atoms with Crippen molar-refractivity contribution in [2.75, 3.05) is 13.2 Å². The third-order valence-electron chi connectivity index (χ3n) is 3.33. The SMILES string of the molecule is CCNC(=O)Cc1cn(-c2ccc(Cl)c(F)c2)cc1C(=O)OCC. The second-order valence-corrected chi connectivity index (χ2v) is 5.46. The van der Waals surface area contributed by atoms with Gasteiger partial charge in [-0.2, -0.15) is 0 Å². The summed E-state index contributed by atoms with van der Waals surface area (Å²) in [5.41, 5.74) is 1.28. The van der Waals surface area contributed by atoms with E-state index in [0.29, 0.717) is 17.8 Å². The number of likely N-dealkylation sites (N-methyl/N-ethyl adjacent to an activating group) is 1. The number of aromatic nitrogens is 1. The zero-order valence-corrected chi connectivity index (χ0v) is 14.2. The molecule has 7 heteroatoms. The minimum absolute atomic E-state index is 0.0130. The molecule has 0 atom stereocenters. The van der Waals surface area contributed by atoms with E-state index in [2.05, 4.69) is 5.32 Å². The molecule has 0 saturated heterocycles. The molecular weight excluding hydrogens is 335 g/mol. The van der Waals surface area contributed by atoms with Gasteiger partial charge < -0.3 is 14.6 Å². The Morgan fingerprint density at radius 3 is 2.67 bits per heavy atom. The summed E-state index contributed by atoms with van der Waals surface area (Å²) in [6.45, 7) is 4.23. The Labute approximate surface area is 144 Å². The summed E-state index contributed by atoms with van der Waals surface area (Å²) in [6.07, 6.45) is 3.17. The molecule has 0 aliphatic heterocycles. The Morgan fingerprint density at radius 2 is 2.04 bits per heavy atom. The summed E-state index contributed by atoms with van der Waals surface area (Å²) >= 11 is 5.69. The molecule has 0 spiro atoms. The highest BCUT2D eigenvalue weighted by Gasteiger charge is 2.18. The van der Waals surface area contributed by atoms with E-state index in [1.807, 2.05) is 6.92 Å². The number of ether oxygens (including phenoxy) is 1. The van der Waals surface area contributed by atoms with E-state index in [0.717, 1.165) is 0 Å². The molecule has 24 heavy (non-hydrogen) atoms. The lowest BCUT2D eigenvalue weighted by Crippen LogP contribution is -2.25. The molecule has 0 unspecified atom stereocenters. The first-order chi connectivity index (χ1) is 11.5. The summed E-state index contributed by atoms with van der Waals surface area (Å²) in [4.78, 5) is 23.9. The van der Waals surface area contributed by atoms with Crippen LogP contribution in [0.3, 0.4) is 0 Å². The molecule has 1 aromatic heterocycles. The normalized spacial score (nSPS) is 10.5. The monoisotopic (exact) mass is 352 g/mol. The molecule has 2 rings (SSSR count). The van der Waals surface area contributed by atoms with Crippen molar-refractivity contribution in [2.45, 2.75) is 20.3 Å². The van der Waals surface area contributed by atoms with Gasteiger partial charge in [-0.25, -0.2) is 9.18 Å². The van der Waals surface area contributed by atoms with Crippen molar-refractivity contribution < 1.29 is 18.7 Å². The number of benzene rings is 1. The fourth-order valence-electron chi connectivity index (χ4n) is 2.26. The summed E-state index contributed by atoms with van der Waals surface area (Å²) in [7, 11) is 0. The van der Waals surface area contributed by atoms with Crippen LogP contribution in [-0.2, 0) is 16.0 Å². The molecular formula is C17H18ClFN2O3. The lowest BCUT2D eigenvalue weighted by atomic mass is 10.1. The number of esters is 1. The van der Waals surface area contributed by atoms with E-state index >= 15 is 0 Å². The number of amides is 1. The van der Waals surface area contributed by atoms with E-state index in [1.165, 1.54) is 18.3 Å². The molecule has 1 N–H and O–H groups in total. The minimum Gasteiger partial charge on any atom is -0.462 e. The molecule has 0 aliphatic rings. The fourth-order valence-corrected chi connectivity index (χ4v) is 2.38. The van der Waals surface area contributed by atoms with E-state index < -0.39 is 11.8 Å². The van der Waals surface area contributed by atoms with Crippen molar-refractivity contribution in [3.05, 3.63) is 52.6 Å². The van der Waals surface area contributed by atoms with Gasteiger partial charge >= 0.3 is 5.97 Å². The van der Waals surface area contributed by atoms with Crippen LogP contribution in [0.1, 0.15) is 29.8 Å². The van der Waals surface area contributed by atoms with Gasteiger partial charge in [-0.3, -0.25) is 4.79 Å². The van der Waals surface area contributed by atoms with Gasteiger partial charge in [-0.05, 0) is 37.6 Å². The van der Waals surface area contributed by atoms with Gasteiger partial charge in [0.1, 0.15) is 5.82 Å². The summed E-state index contributed by atoms with van der Waals surface area (Å²) < 4.78 is 20.3. The topological polar surface area (TPSA) is 60.3 Å².